The summed E-state index contributed by atoms with van der Waals surface area (Å²) in [6.07, 6.45) is 9.33. The van der Waals surface area contributed by atoms with Gasteiger partial charge in [0.2, 0.25) is 5.91 Å². The van der Waals surface area contributed by atoms with Crippen LogP contribution in [-0.2, 0) is 4.79 Å². The molecule has 0 aromatic rings. The van der Waals surface area contributed by atoms with E-state index in [9.17, 15) is 4.79 Å². The minimum atomic E-state index is 0.252. The molecule has 0 aromatic heterocycles. The lowest BCUT2D eigenvalue weighted by Gasteiger charge is -2.33. The van der Waals surface area contributed by atoms with Crippen LogP contribution in [0, 0.1) is 11.8 Å². The molecule has 2 heterocycles. The highest BCUT2D eigenvalue weighted by molar-refractivity contribution is 5.73. The number of carbonyl (C=O) groups excluding carboxylic acids is 1. The number of carbonyl (C=O) groups is 1. The van der Waals surface area contributed by atoms with Crippen LogP contribution in [0.2, 0.25) is 0 Å². The number of nitrogens with zero attached hydrogens (tertiary/aromatic N) is 2. The van der Waals surface area contributed by atoms with Crippen LogP contribution in [0.5, 0.6) is 0 Å². The third-order valence-corrected chi connectivity index (χ3v) is 5.43. The molecule has 20 heavy (non-hydrogen) atoms. The van der Waals surface area contributed by atoms with Crippen LogP contribution >= 0.6 is 0 Å². The maximum Gasteiger partial charge on any atom is 0.219 e. The number of hydrogen-bond acceptors (Lipinski definition) is 2. The highest BCUT2D eigenvalue weighted by atomic mass is 16.2. The molecular weight excluding hydrogens is 248 g/mol. The Balaban J connectivity index is 1.55. The summed E-state index contributed by atoms with van der Waals surface area (Å²) in [6, 6.07) is 0. The Labute approximate surface area is 124 Å². The van der Waals surface area contributed by atoms with Gasteiger partial charge in [0.1, 0.15) is 0 Å². The van der Waals surface area contributed by atoms with Crippen LogP contribution in [0.3, 0.4) is 0 Å². The van der Waals surface area contributed by atoms with Crippen LogP contribution in [0.1, 0.15) is 58.8 Å². The third kappa shape index (κ3) is 4.76. The Kier molecular flexibility index (Phi) is 6.34. The van der Waals surface area contributed by atoms with Gasteiger partial charge in [-0.15, -0.1) is 0 Å². The second-order valence-corrected chi connectivity index (χ2v) is 6.78. The second-order valence-electron chi connectivity index (χ2n) is 6.78. The molecule has 0 aromatic carbocycles. The fourth-order valence-corrected chi connectivity index (χ4v) is 3.76. The third-order valence-electron chi connectivity index (χ3n) is 5.43. The summed E-state index contributed by atoms with van der Waals surface area (Å²) in [4.78, 5) is 16.0. The van der Waals surface area contributed by atoms with Crippen molar-refractivity contribution in [2.24, 2.45) is 11.8 Å². The molecule has 2 fully saturated rings. The van der Waals surface area contributed by atoms with E-state index in [4.69, 9.17) is 0 Å². The zero-order valence-corrected chi connectivity index (χ0v) is 13.4. The quantitative estimate of drug-likeness (QED) is 0.772. The molecule has 2 rings (SSSR count). The Morgan fingerprint density at radius 2 is 1.60 bits per heavy atom. The van der Waals surface area contributed by atoms with Gasteiger partial charge in [0.15, 0.2) is 0 Å². The van der Waals surface area contributed by atoms with Crippen LogP contribution in [0.25, 0.3) is 0 Å². The van der Waals surface area contributed by atoms with Crippen molar-refractivity contribution in [1.82, 2.24) is 9.80 Å². The highest BCUT2D eigenvalue weighted by Crippen LogP contribution is 2.23. The molecule has 0 spiro atoms. The average Bonchev–Trinajstić information content (AvgIpc) is 2.48. The molecule has 0 radical (unpaired) electrons. The first kappa shape index (κ1) is 15.8. The number of hydrogen-bond donors (Lipinski definition) is 0. The van der Waals surface area contributed by atoms with Gasteiger partial charge in [0.25, 0.3) is 0 Å². The van der Waals surface area contributed by atoms with Crippen LogP contribution in [0.15, 0.2) is 0 Å². The van der Waals surface area contributed by atoms with Crippen molar-refractivity contribution in [3.8, 4) is 0 Å². The van der Waals surface area contributed by atoms with Crippen LogP contribution in [-0.4, -0.2) is 48.4 Å². The van der Waals surface area contributed by atoms with Gasteiger partial charge >= 0.3 is 0 Å². The zero-order chi connectivity index (χ0) is 14.4. The lowest BCUT2D eigenvalue weighted by Crippen LogP contribution is -2.37. The minimum Gasteiger partial charge on any atom is -0.343 e. The van der Waals surface area contributed by atoms with Crippen molar-refractivity contribution in [2.45, 2.75) is 58.8 Å². The van der Waals surface area contributed by atoms with Gasteiger partial charge < -0.3 is 9.80 Å². The number of rotatable bonds is 5. The molecule has 0 unspecified atom stereocenters. The largest absolute Gasteiger partial charge is 0.343 e. The minimum absolute atomic E-state index is 0.252. The first-order valence-electron chi connectivity index (χ1n) is 8.67. The fraction of sp³-hybridized carbons (Fsp3) is 0.941. The van der Waals surface area contributed by atoms with E-state index in [0.717, 1.165) is 24.9 Å². The van der Waals surface area contributed by atoms with E-state index >= 15 is 0 Å². The van der Waals surface area contributed by atoms with E-state index in [1.165, 1.54) is 64.6 Å². The number of likely N-dealkylation sites (tertiary alicyclic amines) is 2. The first-order chi connectivity index (χ1) is 9.69. The highest BCUT2D eigenvalue weighted by Gasteiger charge is 2.21. The average molecular weight is 280 g/mol. The summed E-state index contributed by atoms with van der Waals surface area (Å²) in [7, 11) is 0. The zero-order valence-electron chi connectivity index (χ0n) is 13.4. The number of amides is 1. The molecule has 3 heteroatoms. The van der Waals surface area contributed by atoms with Gasteiger partial charge in [-0.2, -0.15) is 0 Å². The molecule has 0 N–H and O–H groups in total. The van der Waals surface area contributed by atoms with Gasteiger partial charge in [0.05, 0.1) is 0 Å². The molecule has 0 aliphatic carbocycles. The van der Waals surface area contributed by atoms with E-state index < -0.39 is 0 Å². The molecule has 2 aliphatic heterocycles. The summed E-state index contributed by atoms with van der Waals surface area (Å²) in [5.41, 5.74) is 0. The van der Waals surface area contributed by atoms with E-state index in [0.29, 0.717) is 0 Å². The van der Waals surface area contributed by atoms with E-state index in [-0.39, 0.29) is 5.91 Å². The summed E-state index contributed by atoms with van der Waals surface area (Å²) in [5.74, 6) is 2.10. The van der Waals surface area contributed by atoms with Crippen molar-refractivity contribution in [3.05, 3.63) is 0 Å². The van der Waals surface area contributed by atoms with E-state index in [1.54, 1.807) is 6.92 Å². The van der Waals surface area contributed by atoms with Crippen molar-refractivity contribution in [1.29, 1.82) is 0 Å². The second kappa shape index (κ2) is 8.02. The molecular formula is C17H32N2O. The smallest absolute Gasteiger partial charge is 0.219 e. The summed E-state index contributed by atoms with van der Waals surface area (Å²) in [5, 5.41) is 0. The number of piperidine rings is 2. The van der Waals surface area contributed by atoms with Crippen molar-refractivity contribution >= 4 is 5.91 Å². The fourth-order valence-electron chi connectivity index (χ4n) is 3.76. The molecule has 0 saturated carbocycles. The molecule has 1 amide bonds. The molecule has 2 saturated heterocycles. The van der Waals surface area contributed by atoms with Gasteiger partial charge in [0, 0.05) is 20.0 Å². The normalized spacial score (nSPS) is 23.2. The van der Waals surface area contributed by atoms with Crippen molar-refractivity contribution in [3.63, 3.8) is 0 Å². The summed E-state index contributed by atoms with van der Waals surface area (Å²) >= 11 is 0. The monoisotopic (exact) mass is 280 g/mol. The standard InChI is InChI=1S/C17H32N2O/c1-3-16-6-11-18(12-7-16)10-4-5-17-8-13-19(14-9-17)15(2)20/h16-17H,3-14H2,1-2H3. The Morgan fingerprint density at radius 3 is 2.15 bits per heavy atom. The molecule has 0 atom stereocenters. The van der Waals surface area contributed by atoms with E-state index in [1.807, 2.05) is 4.90 Å². The molecule has 116 valence electrons. The lowest BCUT2D eigenvalue weighted by molar-refractivity contribution is -0.130. The SMILES string of the molecule is CCC1CCN(CCCC2CCN(C(C)=O)CC2)CC1. The van der Waals surface area contributed by atoms with Crippen molar-refractivity contribution < 1.29 is 4.79 Å². The van der Waals surface area contributed by atoms with Gasteiger partial charge in [-0.3, -0.25) is 4.79 Å². The van der Waals surface area contributed by atoms with E-state index in [2.05, 4.69) is 11.8 Å². The maximum absolute atomic E-state index is 11.3. The van der Waals surface area contributed by atoms with Crippen LogP contribution in [0.4, 0.5) is 0 Å². The van der Waals surface area contributed by atoms with Gasteiger partial charge in [-0.25, -0.2) is 0 Å². The lowest BCUT2D eigenvalue weighted by atomic mass is 9.91. The Hall–Kier alpha value is -0.570. The Morgan fingerprint density at radius 1 is 1.00 bits per heavy atom. The van der Waals surface area contributed by atoms with Gasteiger partial charge in [-0.1, -0.05) is 13.3 Å². The maximum atomic E-state index is 11.3. The Bertz CT molecular complexity index is 289. The molecule has 2 aliphatic rings. The predicted molar refractivity (Wildman–Crippen MR) is 83.7 cm³/mol. The van der Waals surface area contributed by atoms with Gasteiger partial charge in [-0.05, 0) is 70.0 Å². The van der Waals surface area contributed by atoms with Crippen LogP contribution < -0.4 is 0 Å². The summed E-state index contributed by atoms with van der Waals surface area (Å²) < 4.78 is 0. The topological polar surface area (TPSA) is 23.6 Å². The molecule has 3 nitrogen and oxygen atoms in total. The van der Waals surface area contributed by atoms with Crippen molar-refractivity contribution in [2.75, 3.05) is 32.7 Å². The molecule has 0 bridgehead atoms. The summed E-state index contributed by atoms with van der Waals surface area (Å²) in [6.45, 7) is 9.93. The predicted octanol–water partition coefficient (Wildman–Crippen LogP) is 3.15. The first-order valence-corrected chi connectivity index (χ1v) is 8.67.